The van der Waals surface area contributed by atoms with Gasteiger partial charge in [0, 0.05) is 27.5 Å². The third kappa shape index (κ3) is 5.45. The van der Waals surface area contributed by atoms with E-state index in [2.05, 4.69) is 140 Å². The fraction of sp³-hybridized carbons (Fsp3) is 0. The molecule has 4 nitrogen and oxygen atoms in total. The van der Waals surface area contributed by atoms with E-state index < -0.39 is 0 Å². The molecule has 0 aliphatic rings. The van der Waals surface area contributed by atoms with Crippen LogP contribution in [0, 0.1) is 0 Å². The normalized spacial score (nSPS) is 11.3. The van der Waals surface area contributed by atoms with Gasteiger partial charge in [-0.15, -0.1) is 0 Å². The third-order valence-corrected chi connectivity index (χ3v) is 8.92. The van der Waals surface area contributed by atoms with Crippen LogP contribution in [0.5, 0.6) is 0 Å². The minimum Gasteiger partial charge on any atom is -0.456 e. The van der Waals surface area contributed by atoms with Gasteiger partial charge in [0.1, 0.15) is 11.2 Å². The van der Waals surface area contributed by atoms with Crippen molar-refractivity contribution >= 4 is 21.9 Å². The molecule has 0 aliphatic carbocycles. The van der Waals surface area contributed by atoms with Crippen LogP contribution < -0.4 is 0 Å². The molecular formula is C45H29N3O. The van der Waals surface area contributed by atoms with E-state index >= 15 is 0 Å². The Morgan fingerprint density at radius 3 is 1.33 bits per heavy atom. The topological polar surface area (TPSA) is 51.8 Å². The highest BCUT2D eigenvalue weighted by atomic mass is 16.3. The molecule has 0 bridgehead atoms. The van der Waals surface area contributed by atoms with Crippen molar-refractivity contribution in [2.24, 2.45) is 0 Å². The largest absolute Gasteiger partial charge is 0.456 e. The predicted molar refractivity (Wildman–Crippen MR) is 200 cm³/mol. The lowest BCUT2D eigenvalue weighted by Crippen LogP contribution is -2.01. The smallest absolute Gasteiger partial charge is 0.164 e. The van der Waals surface area contributed by atoms with Crippen molar-refractivity contribution in [2.45, 2.75) is 0 Å². The zero-order valence-corrected chi connectivity index (χ0v) is 26.5. The van der Waals surface area contributed by atoms with Gasteiger partial charge < -0.3 is 4.42 Å². The zero-order chi connectivity index (χ0) is 32.6. The van der Waals surface area contributed by atoms with E-state index in [0.29, 0.717) is 17.5 Å². The molecule has 9 aromatic rings. The molecule has 0 amide bonds. The van der Waals surface area contributed by atoms with Gasteiger partial charge in [-0.25, -0.2) is 15.0 Å². The summed E-state index contributed by atoms with van der Waals surface area (Å²) >= 11 is 0. The molecule has 0 fully saturated rings. The first-order valence-electron chi connectivity index (χ1n) is 16.4. The Balaban J connectivity index is 1.31. The molecule has 0 radical (unpaired) electrons. The van der Waals surface area contributed by atoms with Gasteiger partial charge >= 0.3 is 0 Å². The predicted octanol–water partition coefficient (Wildman–Crippen LogP) is 11.8. The molecule has 49 heavy (non-hydrogen) atoms. The van der Waals surface area contributed by atoms with Crippen molar-refractivity contribution < 1.29 is 4.42 Å². The first-order valence-corrected chi connectivity index (χ1v) is 16.4. The maximum Gasteiger partial charge on any atom is 0.164 e. The second-order valence-corrected chi connectivity index (χ2v) is 12.1. The van der Waals surface area contributed by atoms with Crippen LogP contribution in [0.1, 0.15) is 0 Å². The average Bonchev–Trinajstić information content (AvgIpc) is 3.57. The van der Waals surface area contributed by atoms with E-state index in [4.69, 9.17) is 19.4 Å². The Morgan fingerprint density at radius 1 is 0.306 bits per heavy atom. The number of fused-ring (bicyclic) bond motifs is 3. The van der Waals surface area contributed by atoms with E-state index in [0.717, 1.165) is 72.0 Å². The fourth-order valence-electron chi connectivity index (χ4n) is 6.52. The molecular weight excluding hydrogens is 599 g/mol. The Kier molecular flexibility index (Phi) is 7.10. The number of aromatic nitrogens is 3. The second-order valence-electron chi connectivity index (χ2n) is 12.1. The molecule has 0 saturated heterocycles. The summed E-state index contributed by atoms with van der Waals surface area (Å²) in [4.78, 5) is 15.6. The van der Waals surface area contributed by atoms with E-state index in [1.165, 1.54) is 0 Å². The summed E-state index contributed by atoms with van der Waals surface area (Å²) in [7, 11) is 0. The zero-order valence-electron chi connectivity index (χ0n) is 26.5. The summed E-state index contributed by atoms with van der Waals surface area (Å²) in [6.07, 6.45) is 0. The van der Waals surface area contributed by atoms with Crippen molar-refractivity contribution in [1.82, 2.24) is 15.0 Å². The van der Waals surface area contributed by atoms with Crippen LogP contribution in [-0.2, 0) is 0 Å². The molecule has 0 spiro atoms. The summed E-state index contributed by atoms with van der Waals surface area (Å²) in [6.45, 7) is 0. The van der Waals surface area contributed by atoms with E-state index in [1.54, 1.807) is 0 Å². The van der Waals surface area contributed by atoms with Crippen molar-refractivity contribution in [3.8, 4) is 67.5 Å². The molecule has 2 heterocycles. The van der Waals surface area contributed by atoms with Crippen LogP contribution >= 0.6 is 0 Å². The van der Waals surface area contributed by atoms with Crippen LogP contribution in [0.15, 0.2) is 180 Å². The maximum atomic E-state index is 6.46. The highest BCUT2D eigenvalue weighted by Gasteiger charge is 2.20. The molecule has 7 aromatic carbocycles. The quantitative estimate of drug-likeness (QED) is 0.184. The van der Waals surface area contributed by atoms with Crippen LogP contribution in [0.2, 0.25) is 0 Å². The number of furan rings is 1. The summed E-state index contributed by atoms with van der Waals surface area (Å²) in [5, 5.41) is 2.00. The molecule has 0 atom stereocenters. The van der Waals surface area contributed by atoms with Crippen LogP contribution in [0.3, 0.4) is 0 Å². The minimum absolute atomic E-state index is 0.588. The van der Waals surface area contributed by atoms with Gasteiger partial charge in [0.05, 0.1) is 0 Å². The lowest BCUT2D eigenvalue weighted by Gasteiger charge is -2.12. The van der Waals surface area contributed by atoms with Gasteiger partial charge in [0.15, 0.2) is 17.5 Å². The van der Waals surface area contributed by atoms with Crippen LogP contribution in [-0.4, -0.2) is 15.0 Å². The Hall–Kier alpha value is -6.65. The molecule has 2 aromatic heterocycles. The van der Waals surface area contributed by atoms with Crippen molar-refractivity contribution in [3.05, 3.63) is 176 Å². The van der Waals surface area contributed by atoms with Crippen molar-refractivity contribution in [3.63, 3.8) is 0 Å². The third-order valence-electron chi connectivity index (χ3n) is 8.92. The van der Waals surface area contributed by atoms with Crippen LogP contribution in [0.4, 0.5) is 0 Å². The van der Waals surface area contributed by atoms with Gasteiger partial charge in [-0.2, -0.15) is 0 Å². The molecule has 0 unspecified atom stereocenters. The highest BCUT2D eigenvalue weighted by molar-refractivity contribution is 6.13. The Morgan fingerprint density at radius 2 is 0.755 bits per heavy atom. The van der Waals surface area contributed by atoms with Gasteiger partial charge in [0.25, 0.3) is 0 Å². The summed E-state index contributed by atoms with van der Waals surface area (Å²) < 4.78 is 6.46. The molecule has 4 heteroatoms. The van der Waals surface area contributed by atoms with Gasteiger partial charge in [0.2, 0.25) is 0 Å². The summed E-state index contributed by atoms with van der Waals surface area (Å²) in [5.41, 5.74) is 10.9. The van der Waals surface area contributed by atoms with Gasteiger partial charge in [-0.1, -0.05) is 146 Å². The second kappa shape index (κ2) is 12.2. The van der Waals surface area contributed by atoms with Crippen molar-refractivity contribution in [2.75, 3.05) is 0 Å². The Bertz CT molecular complexity index is 2490. The molecule has 0 aliphatic heterocycles. The highest BCUT2D eigenvalue weighted by Crippen LogP contribution is 2.40. The summed E-state index contributed by atoms with van der Waals surface area (Å²) in [6, 6.07) is 60.4. The van der Waals surface area contributed by atoms with Crippen LogP contribution in [0.25, 0.3) is 89.5 Å². The Labute approximate surface area is 284 Å². The van der Waals surface area contributed by atoms with E-state index in [9.17, 15) is 0 Å². The minimum atomic E-state index is 0.588. The number of hydrogen-bond acceptors (Lipinski definition) is 4. The number of nitrogens with zero attached hydrogens (tertiary/aromatic N) is 3. The van der Waals surface area contributed by atoms with Crippen molar-refractivity contribution in [1.29, 1.82) is 0 Å². The lowest BCUT2D eigenvalue weighted by molar-refractivity contribution is 0.669. The van der Waals surface area contributed by atoms with E-state index in [1.807, 2.05) is 36.4 Å². The standard InChI is InChI=1S/C45H29N3O/c1-4-14-30(15-5-1)33-20-12-22-35(26-33)43-46-44(36-23-13-21-34(27-36)31-16-6-2-7-17-31)48-45(47-43)39-28-37(32-18-8-3-9-19-32)29-41-42(39)38-24-10-11-25-40(38)49-41/h1-29H. The number of para-hydroxylation sites is 1. The number of benzene rings is 7. The first kappa shape index (κ1) is 28.6. The lowest BCUT2D eigenvalue weighted by atomic mass is 9.98. The van der Waals surface area contributed by atoms with Gasteiger partial charge in [-0.3, -0.25) is 0 Å². The number of rotatable bonds is 6. The average molecular weight is 628 g/mol. The summed E-state index contributed by atoms with van der Waals surface area (Å²) in [5.74, 6) is 1.80. The van der Waals surface area contributed by atoms with E-state index in [-0.39, 0.29) is 0 Å². The molecule has 9 rings (SSSR count). The SMILES string of the molecule is c1ccc(-c2cccc(-c3nc(-c4cccc(-c5ccccc5)c4)nc(-c4cc(-c5ccccc5)cc5oc6ccccc6c45)n3)c2)cc1. The number of hydrogen-bond donors (Lipinski definition) is 0. The maximum absolute atomic E-state index is 6.46. The first-order chi connectivity index (χ1) is 24.3. The molecule has 0 saturated carbocycles. The monoisotopic (exact) mass is 627 g/mol. The fourth-order valence-corrected chi connectivity index (χ4v) is 6.52. The molecule has 0 N–H and O–H groups in total. The van der Waals surface area contributed by atoms with Gasteiger partial charge in [-0.05, 0) is 63.7 Å². The molecule has 230 valence electrons.